The van der Waals surface area contributed by atoms with Crippen molar-refractivity contribution in [2.45, 2.75) is 46.0 Å². The van der Waals surface area contributed by atoms with E-state index in [1.54, 1.807) is 0 Å². The predicted molar refractivity (Wildman–Crippen MR) is 74.4 cm³/mol. The Morgan fingerprint density at radius 2 is 2.06 bits per heavy atom. The second kappa shape index (κ2) is 6.55. The first-order chi connectivity index (χ1) is 8.66. The molecule has 0 bridgehead atoms. The van der Waals surface area contributed by atoms with Crippen LogP contribution >= 0.6 is 0 Å². The van der Waals surface area contributed by atoms with E-state index >= 15 is 0 Å². The molecule has 2 aliphatic heterocycles. The molecule has 1 amide bonds. The fraction of sp³-hybridized carbons (Fsp3) is 0.933. The number of likely N-dealkylation sites (tertiary alicyclic amines) is 1. The molecule has 0 aromatic carbocycles. The summed E-state index contributed by atoms with van der Waals surface area (Å²) < 4.78 is 0. The van der Waals surface area contributed by atoms with E-state index in [9.17, 15) is 4.79 Å². The highest BCUT2D eigenvalue weighted by Gasteiger charge is 2.25. The van der Waals surface area contributed by atoms with Crippen molar-refractivity contribution in [3.8, 4) is 0 Å². The molecule has 0 aromatic heterocycles. The molecule has 2 rings (SSSR count). The van der Waals surface area contributed by atoms with Crippen LogP contribution in [-0.4, -0.2) is 37.0 Å². The molecule has 2 saturated heterocycles. The topological polar surface area (TPSA) is 32.3 Å². The Hall–Kier alpha value is -0.570. The van der Waals surface area contributed by atoms with Crippen LogP contribution in [0.3, 0.4) is 0 Å². The molecule has 1 N–H and O–H groups in total. The SMILES string of the molecule is CC1CCN(C(=O)CC(C)C2CCCNC2)CC1. The highest BCUT2D eigenvalue weighted by molar-refractivity contribution is 5.76. The lowest BCUT2D eigenvalue weighted by atomic mass is 9.85. The zero-order chi connectivity index (χ0) is 13.0. The van der Waals surface area contributed by atoms with Gasteiger partial charge >= 0.3 is 0 Å². The largest absolute Gasteiger partial charge is 0.343 e. The van der Waals surface area contributed by atoms with Crippen molar-refractivity contribution in [2.24, 2.45) is 17.8 Å². The number of carbonyl (C=O) groups is 1. The lowest BCUT2D eigenvalue weighted by Crippen LogP contribution is -2.40. The minimum atomic E-state index is 0.389. The fourth-order valence-corrected chi connectivity index (χ4v) is 3.19. The summed E-state index contributed by atoms with van der Waals surface area (Å²) in [7, 11) is 0. The third-order valence-corrected chi connectivity index (χ3v) is 4.77. The molecule has 3 heteroatoms. The van der Waals surface area contributed by atoms with Gasteiger partial charge in [0.25, 0.3) is 0 Å². The first-order valence-electron chi connectivity index (χ1n) is 7.65. The van der Waals surface area contributed by atoms with E-state index in [1.807, 2.05) is 0 Å². The van der Waals surface area contributed by atoms with Gasteiger partial charge in [-0.05, 0) is 56.5 Å². The van der Waals surface area contributed by atoms with Gasteiger partial charge in [0, 0.05) is 19.5 Å². The van der Waals surface area contributed by atoms with Crippen molar-refractivity contribution in [1.82, 2.24) is 10.2 Å². The van der Waals surface area contributed by atoms with Crippen LogP contribution in [0.2, 0.25) is 0 Å². The Morgan fingerprint density at radius 1 is 1.33 bits per heavy atom. The number of carbonyl (C=O) groups excluding carboxylic acids is 1. The van der Waals surface area contributed by atoms with E-state index in [0.29, 0.717) is 17.7 Å². The van der Waals surface area contributed by atoms with Crippen LogP contribution in [0.4, 0.5) is 0 Å². The molecule has 2 heterocycles. The van der Waals surface area contributed by atoms with Gasteiger partial charge in [-0.1, -0.05) is 13.8 Å². The van der Waals surface area contributed by atoms with E-state index in [4.69, 9.17) is 0 Å². The van der Waals surface area contributed by atoms with E-state index in [1.165, 1.54) is 25.7 Å². The minimum Gasteiger partial charge on any atom is -0.343 e. The van der Waals surface area contributed by atoms with Crippen LogP contribution in [-0.2, 0) is 4.79 Å². The number of hydrogen-bond acceptors (Lipinski definition) is 2. The lowest BCUT2D eigenvalue weighted by molar-refractivity contribution is -0.133. The molecule has 0 aromatic rings. The van der Waals surface area contributed by atoms with Crippen LogP contribution in [0.25, 0.3) is 0 Å². The highest BCUT2D eigenvalue weighted by Crippen LogP contribution is 2.24. The van der Waals surface area contributed by atoms with Crippen molar-refractivity contribution in [2.75, 3.05) is 26.2 Å². The zero-order valence-electron chi connectivity index (χ0n) is 12.0. The summed E-state index contributed by atoms with van der Waals surface area (Å²) in [5, 5.41) is 3.45. The normalized spacial score (nSPS) is 28.1. The summed E-state index contributed by atoms with van der Waals surface area (Å²) in [5.74, 6) is 2.42. The van der Waals surface area contributed by atoms with Crippen molar-refractivity contribution >= 4 is 5.91 Å². The van der Waals surface area contributed by atoms with E-state index < -0.39 is 0 Å². The maximum Gasteiger partial charge on any atom is 0.222 e. The minimum absolute atomic E-state index is 0.389. The van der Waals surface area contributed by atoms with Crippen molar-refractivity contribution in [1.29, 1.82) is 0 Å². The predicted octanol–water partition coefficient (Wildman–Crippen LogP) is 2.27. The zero-order valence-corrected chi connectivity index (χ0v) is 12.0. The molecule has 0 saturated carbocycles. The number of hydrogen-bond donors (Lipinski definition) is 1. The summed E-state index contributed by atoms with van der Waals surface area (Å²) in [6.07, 6.45) is 5.68. The van der Waals surface area contributed by atoms with Gasteiger partial charge in [-0.25, -0.2) is 0 Å². The summed E-state index contributed by atoms with van der Waals surface area (Å²) in [4.78, 5) is 14.4. The average molecular weight is 252 g/mol. The molecule has 2 aliphatic rings. The maximum absolute atomic E-state index is 12.3. The lowest BCUT2D eigenvalue weighted by Gasteiger charge is -2.33. The van der Waals surface area contributed by atoms with Crippen LogP contribution in [0.5, 0.6) is 0 Å². The number of nitrogens with zero attached hydrogens (tertiary/aromatic N) is 1. The Kier molecular flexibility index (Phi) is 5.04. The Labute approximate surface area is 111 Å². The Morgan fingerprint density at radius 3 is 2.67 bits per heavy atom. The van der Waals surface area contributed by atoms with Crippen LogP contribution in [0, 0.1) is 17.8 Å². The molecule has 3 nitrogen and oxygen atoms in total. The fourth-order valence-electron chi connectivity index (χ4n) is 3.19. The second-order valence-electron chi connectivity index (χ2n) is 6.35. The van der Waals surface area contributed by atoms with Crippen molar-refractivity contribution in [3.05, 3.63) is 0 Å². The summed E-state index contributed by atoms with van der Waals surface area (Å²) in [5.41, 5.74) is 0. The quantitative estimate of drug-likeness (QED) is 0.835. The van der Waals surface area contributed by atoms with Gasteiger partial charge in [0.05, 0.1) is 0 Å². The second-order valence-corrected chi connectivity index (χ2v) is 6.35. The molecule has 104 valence electrons. The molecule has 2 fully saturated rings. The Bertz CT molecular complexity index is 266. The average Bonchev–Trinajstić information content (AvgIpc) is 2.40. The van der Waals surface area contributed by atoms with Crippen LogP contribution in [0.1, 0.15) is 46.0 Å². The Balaban J connectivity index is 1.75. The molecular weight excluding hydrogens is 224 g/mol. The van der Waals surface area contributed by atoms with Gasteiger partial charge in [0.2, 0.25) is 5.91 Å². The molecule has 0 aliphatic carbocycles. The maximum atomic E-state index is 12.3. The smallest absolute Gasteiger partial charge is 0.222 e. The monoisotopic (exact) mass is 252 g/mol. The van der Waals surface area contributed by atoms with Gasteiger partial charge in [-0.3, -0.25) is 4.79 Å². The third-order valence-electron chi connectivity index (χ3n) is 4.77. The van der Waals surface area contributed by atoms with Gasteiger partial charge in [-0.15, -0.1) is 0 Å². The summed E-state index contributed by atoms with van der Waals surface area (Å²) in [6.45, 7) is 8.76. The van der Waals surface area contributed by atoms with E-state index in [-0.39, 0.29) is 0 Å². The van der Waals surface area contributed by atoms with Gasteiger partial charge in [0.1, 0.15) is 0 Å². The molecular formula is C15H28N2O. The van der Waals surface area contributed by atoms with E-state index in [2.05, 4.69) is 24.1 Å². The van der Waals surface area contributed by atoms with Gasteiger partial charge in [0.15, 0.2) is 0 Å². The van der Waals surface area contributed by atoms with Gasteiger partial charge < -0.3 is 10.2 Å². The number of piperidine rings is 2. The number of amides is 1. The third kappa shape index (κ3) is 3.71. The van der Waals surface area contributed by atoms with Crippen molar-refractivity contribution in [3.63, 3.8) is 0 Å². The molecule has 0 spiro atoms. The first-order valence-corrected chi connectivity index (χ1v) is 7.65. The van der Waals surface area contributed by atoms with Crippen molar-refractivity contribution < 1.29 is 4.79 Å². The number of rotatable bonds is 3. The molecule has 18 heavy (non-hydrogen) atoms. The van der Waals surface area contributed by atoms with E-state index in [0.717, 1.165) is 38.5 Å². The standard InChI is InChI=1S/C15H28N2O/c1-12-5-8-17(9-6-12)15(18)10-13(2)14-4-3-7-16-11-14/h12-14,16H,3-11H2,1-2H3. The van der Waals surface area contributed by atoms with Crippen LogP contribution < -0.4 is 5.32 Å². The molecule has 0 radical (unpaired) electrons. The van der Waals surface area contributed by atoms with Gasteiger partial charge in [-0.2, -0.15) is 0 Å². The summed E-state index contributed by atoms with van der Waals surface area (Å²) in [6, 6.07) is 0. The van der Waals surface area contributed by atoms with Crippen LogP contribution in [0.15, 0.2) is 0 Å². The summed E-state index contributed by atoms with van der Waals surface area (Å²) >= 11 is 0. The number of nitrogens with one attached hydrogen (secondary N) is 1. The highest BCUT2D eigenvalue weighted by atomic mass is 16.2. The first kappa shape index (κ1) is 13.9. The molecule has 2 unspecified atom stereocenters. The molecule has 2 atom stereocenters.